The molecule has 2 bridgehead atoms. The molecule has 0 aromatic heterocycles. The van der Waals surface area contributed by atoms with E-state index in [0.717, 1.165) is 18.4 Å². The van der Waals surface area contributed by atoms with E-state index in [1.807, 2.05) is 32.9 Å². The Balaban J connectivity index is 1.77. The van der Waals surface area contributed by atoms with E-state index in [-0.39, 0.29) is 24.3 Å². The van der Waals surface area contributed by atoms with Crippen LogP contribution >= 0.6 is 23.4 Å². The highest BCUT2D eigenvalue weighted by atomic mass is 35.5. The SMILES string of the molecule is CCCNC(=O)[C@H]1[C@H]2C(=O)N([C@@H](CC)CO)C(C(=O)Nc3c(C)cccc3Cl)C23CC[C@]1(C)S3. The molecule has 0 radical (unpaired) electrons. The number of rotatable bonds is 8. The van der Waals surface area contributed by atoms with Crippen molar-refractivity contribution in [2.24, 2.45) is 11.8 Å². The maximum Gasteiger partial charge on any atom is 0.248 e. The maximum absolute atomic E-state index is 14.0. The Morgan fingerprint density at radius 2 is 2.03 bits per heavy atom. The number of aliphatic hydroxyl groups is 1. The fraction of sp³-hybridized carbons (Fsp3) is 0.640. The minimum absolute atomic E-state index is 0.114. The van der Waals surface area contributed by atoms with E-state index in [0.29, 0.717) is 30.1 Å². The number of fused-ring (bicyclic) bond motifs is 1. The van der Waals surface area contributed by atoms with Crippen LogP contribution in [0.4, 0.5) is 5.69 Å². The number of thioether (sulfide) groups is 1. The lowest BCUT2D eigenvalue weighted by Gasteiger charge is -2.36. The quantitative estimate of drug-likeness (QED) is 0.501. The molecule has 3 fully saturated rings. The first-order valence-corrected chi connectivity index (χ1v) is 13.3. The molecule has 7 nitrogen and oxygen atoms in total. The highest BCUT2D eigenvalue weighted by Crippen LogP contribution is 2.71. The summed E-state index contributed by atoms with van der Waals surface area (Å²) in [7, 11) is 0. The second-order valence-corrected chi connectivity index (χ2v) is 12.2. The summed E-state index contributed by atoms with van der Waals surface area (Å²) in [5.74, 6) is -1.74. The first-order chi connectivity index (χ1) is 16.1. The molecule has 6 atom stereocenters. The lowest BCUT2D eigenvalue weighted by Crippen LogP contribution is -2.54. The van der Waals surface area contributed by atoms with Gasteiger partial charge in [0.1, 0.15) is 6.04 Å². The number of hydrogen-bond donors (Lipinski definition) is 3. The van der Waals surface area contributed by atoms with Crippen LogP contribution in [0, 0.1) is 18.8 Å². The molecule has 0 aliphatic carbocycles. The van der Waals surface area contributed by atoms with Gasteiger partial charge in [-0.15, -0.1) is 11.8 Å². The topological polar surface area (TPSA) is 98.7 Å². The summed E-state index contributed by atoms with van der Waals surface area (Å²) >= 11 is 8.02. The van der Waals surface area contributed by atoms with E-state index >= 15 is 0 Å². The number of nitrogens with one attached hydrogen (secondary N) is 2. The molecule has 3 amide bonds. The summed E-state index contributed by atoms with van der Waals surface area (Å²) in [6.07, 6.45) is 2.74. The number of amides is 3. The number of carbonyl (C=O) groups is 3. The lowest BCUT2D eigenvalue weighted by molar-refractivity contribution is -0.142. The summed E-state index contributed by atoms with van der Waals surface area (Å²) in [6, 6.07) is 4.11. The smallest absolute Gasteiger partial charge is 0.248 e. The Morgan fingerprint density at radius 1 is 1.29 bits per heavy atom. The van der Waals surface area contributed by atoms with Crippen LogP contribution in [0.2, 0.25) is 5.02 Å². The van der Waals surface area contributed by atoms with Gasteiger partial charge in [0.15, 0.2) is 0 Å². The van der Waals surface area contributed by atoms with Crippen molar-refractivity contribution in [3.63, 3.8) is 0 Å². The molecular formula is C25H34ClN3O4S. The molecule has 9 heteroatoms. The van der Waals surface area contributed by atoms with Crippen molar-refractivity contribution in [3.8, 4) is 0 Å². The molecular weight excluding hydrogens is 474 g/mol. The first-order valence-electron chi connectivity index (χ1n) is 12.1. The van der Waals surface area contributed by atoms with Gasteiger partial charge in [-0.05, 0) is 51.2 Å². The Hall–Kier alpha value is -1.77. The number of aryl methyl sites for hydroxylation is 1. The van der Waals surface area contributed by atoms with Crippen LogP contribution in [-0.4, -0.2) is 62.5 Å². The zero-order valence-electron chi connectivity index (χ0n) is 20.2. The summed E-state index contributed by atoms with van der Waals surface area (Å²) in [5, 5.41) is 16.5. The molecule has 3 aliphatic heterocycles. The fourth-order valence-corrected chi connectivity index (χ4v) is 8.82. The summed E-state index contributed by atoms with van der Waals surface area (Å²) in [4.78, 5) is 42.8. The van der Waals surface area contributed by atoms with Crippen molar-refractivity contribution >= 4 is 46.8 Å². The van der Waals surface area contributed by atoms with E-state index in [1.165, 1.54) is 0 Å². The van der Waals surface area contributed by atoms with Crippen molar-refractivity contribution in [2.45, 2.75) is 75.0 Å². The number of aliphatic hydroxyl groups excluding tert-OH is 1. The Morgan fingerprint density at radius 3 is 2.65 bits per heavy atom. The number of nitrogens with zero attached hydrogens (tertiary/aromatic N) is 1. The van der Waals surface area contributed by atoms with Gasteiger partial charge < -0.3 is 20.6 Å². The minimum Gasteiger partial charge on any atom is -0.394 e. The van der Waals surface area contributed by atoms with Gasteiger partial charge in [-0.1, -0.05) is 37.6 Å². The molecule has 0 saturated carbocycles. The Labute approximate surface area is 210 Å². The highest BCUT2D eigenvalue weighted by molar-refractivity contribution is 8.02. The molecule has 1 spiro atoms. The van der Waals surface area contributed by atoms with Crippen LogP contribution in [0.3, 0.4) is 0 Å². The molecule has 3 heterocycles. The third kappa shape index (κ3) is 3.73. The molecule has 34 heavy (non-hydrogen) atoms. The number of anilines is 1. The van der Waals surface area contributed by atoms with Gasteiger partial charge >= 0.3 is 0 Å². The molecule has 1 aromatic carbocycles. The average molecular weight is 508 g/mol. The van der Waals surface area contributed by atoms with Gasteiger partial charge in [-0.3, -0.25) is 14.4 Å². The third-order valence-electron chi connectivity index (χ3n) is 7.84. The summed E-state index contributed by atoms with van der Waals surface area (Å²) in [5.41, 5.74) is 1.35. The molecule has 3 N–H and O–H groups in total. The standard InChI is InChI=1S/C25H34ClN3O4S/c1-5-12-27-21(31)17-18-23(33)29(15(6-2)13-30)20(25(18)11-10-24(17,4)34-25)22(32)28-19-14(3)8-7-9-16(19)26/h7-9,15,17-18,20,30H,5-6,10-13H2,1-4H3,(H,27,31)(H,28,32)/t15-,17+,18-,20?,24-,25?/m0/s1. The third-order valence-corrected chi connectivity index (χ3v) is 10.1. The van der Waals surface area contributed by atoms with Crippen molar-refractivity contribution in [2.75, 3.05) is 18.5 Å². The van der Waals surface area contributed by atoms with E-state index in [2.05, 4.69) is 17.6 Å². The Kier molecular flexibility index (Phi) is 6.97. The van der Waals surface area contributed by atoms with Gasteiger partial charge in [-0.2, -0.15) is 0 Å². The van der Waals surface area contributed by atoms with Crippen LogP contribution in [-0.2, 0) is 14.4 Å². The summed E-state index contributed by atoms with van der Waals surface area (Å²) in [6.45, 7) is 8.12. The van der Waals surface area contributed by atoms with Crippen LogP contribution in [0.5, 0.6) is 0 Å². The monoisotopic (exact) mass is 507 g/mol. The highest BCUT2D eigenvalue weighted by Gasteiger charge is 2.77. The second-order valence-electron chi connectivity index (χ2n) is 9.93. The largest absolute Gasteiger partial charge is 0.394 e. The molecule has 186 valence electrons. The Bertz CT molecular complexity index is 982. The number of carbonyl (C=O) groups excluding carboxylic acids is 3. The van der Waals surface area contributed by atoms with Crippen molar-refractivity contribution in [1.82, 2.24) is 10.2 Å². The normalized spacial score (nSPS) is 32.6. The predicted octanol–water partition coefficient (Wildman–Crippen LogP) is 3.37. The number of benzene rings is 1. The van der Waals surface area contributed by atoms with E-state index < -0.39 is 33.4 Å². The number of para-hydroxylation sites is 1. The number of halogens is 1. The van der Waals surface area contributed by atoms with E-state index in [4.69, 9.17) is 11.6 Å². The maximum atomic E-state index is 14.0. The zero-order valence-corrected chi connectivity index (χ0v) is 21.8. The lowest BCUT2D eigenvalue weighted by atomic mass is 9.66. The zero-order chi connectivity index (χ0) is 24.8. The number of hydrogen-bond acceptors (Lipinski definition) is 5. The van der Waals surface area contributed by atoms with Gasteiger partial charge in [0.25, 0.3) is 0 Å². The second kappa shape index (κ2) is 9.36. The molecule has 3 saturated heterocycles. The van der Waals surface area contributed by atoms with Gasteiger partial charge in [0.05, 0.1) is 39.9 Å². The van der Waals surface area contributed by atoms with E-state index in [1.54, 1.807) is 22.7 Å². The molecule has 2 unspecified atom stereocenters. The van der Waals surface area contributed by atoms with Gasteiger partial charge in [-0.25, -0.2) is 0 Å². The van der Waals surface area contributed by atoms with Gasteiger partial charge in [0, 0.05) is 11.3 Å². The minimum atomic E-state index is -0.798. The van der Waals surface area contributed by atoms with Crippen molar-refractivity contribution < 1.29 is 19.5 Å². The van der Waals surface area contributed by atoms with Gasteiger partial charge in [0.2, 0.25) is 17.7 Å². The molecule has 3 aliphatic rings. The number of likely N-dealkylation sites (tertiary alicyclic amines) is 1. The average Bonchev–Trinajstić information content (AvgIpc) is 3.37. The molecule has 4 rings (SSSR count). The van der Waals surface area contributed by atoms with E-state index in [9.17, 15) is 19.5 Å². The molecule has 1 aromatic rings. The fourth-order valence-electron chi connectivity index (χ4n) is 6.21. The first kappa shape index (κ1) is 25.3. The predicted molar refractivity (Wildman–Crippen MR) is 135 cm³/mol. The van der Waals surface area contributed by atoms with Crippen LogP contribution < -0.4 is 10.6 Å². The van der Waals surface area contributed by atoms with Crippen molar-refractivity contribution in [3.05, 3.63) is 28.8 Å². The van der Waals surface area contributed by atoms with Crippen LogP contribution in [0.25, 0.3) is 0 Å². The summed E-state index contributed by atoms with van der Waals surface area (Å²) < 4.78 is -1.13. The van der Waals surface area contributed by atoms with Crippen LogP contribution in [0.1, 0.15) is 52.0 Å². The van der Waals surface area contributed by atoms with Crippen LogP contribution in [0.15, 0.2) is 18.2 Å². The van der Waals surface area contributed by atoms with Crippen molar-refractivity contribution in [1.29, 1.82) is 0 Å².